The molecular formula is C18H30N4O2. The first-order valence-corrected chi connectivity index (χ1v) is 8.64. The van der Waals surface area contributed by atoms with Gasteiger partial charge < -0.3 is 10.4 Å². The van der Waals surface area contributed by atoms with Crippen LogP contribution in [0.2, 0.25) is 0 Å². The summed E-state index contributed by atoms with van der Waals surface area (Å²) in [5.41, 5.74) is 0.773. The van der Waals surface area contributed by atoms with E-state index in [1.807, 2.05) is 18.2 Å². The summed E-state index contributed by atoms with van der Waals surface area (Å²) in [5.74, 6) is 0.0313. The Labute approximate surface area is 144 Å². The number of rotatable bonds is 6. The number of hydrogen-bond donors (Lipinski definition) is 2. The SMILES string of the molecule is CC(C)(C)[C@H](O)CN1CCN(CC(=O)NCc2ccccn2)CC1. The van der Waals surface area contributed by atoms with E-state index in [2.05, 4.69) is 40.9 Å². The van der Waals surface area contributed by atoms with Crippen molar-refractivity contribution in [2.45, 2.75) is 33.4 Å². The highest BCUT2D eigenvalue weighted by atomic mass is 16.3. The molecule has 1 aliphatic rings. The number of nitrogens with one attached hydrogen (secondary N) is 1. The highest BCUT2D eigenvalue weighted by Gasteiger charge is 2.26. The molecule has 2 rings (SSSR count). The second-order valence-electron chi connectivity index (χ2n) is 7.56. The number of carbonyl (C=O) groups is 1. The van der Waals surface area contributed by atoms with Crippen LogP contribution in [0.5, 0.6) is 0 Å². The molecule has 0 spiro atoms. The Morgan fingerprint density at radius 2 is 1.92 bits per heavy atom. The van der Waals surface area contributed by atoms with Gasteiger partial charge in [0, 0.05) is 38.9 Å². The number of nitrogens with zero attached hydrogens (tertiary/aromatic N) is 3. The third-order valence-corrected chi connectivity index (χ3v) is 4.46. The summed E-state index contributed by atoms with van der Waals surface area (Å²) in [6, 6.07) is 5.68. The van der Waals surface area contributed by atoms with E-state index in [9.17, 15) is 9.90 Å². The quantitative estimate of drug-likeness (QED) is 0.802. The second kappa shape index (κ2) is 8.55. The fraction of sp³-hybridized carbons (Fsp3) is 0.667. The van der Waals surface area contributed by atoms with Crippen LogP contribution in [0.3, 0.4) is 0 Å². The molecule has 1 aliphatic heterocycles. The molecule has 0 aliphatic carbocycles. The summed E-state index contributed by atoms with van der Waals surface area (Å²) in [6.45, 7) is 11.2. The zero-order valence-corrected chi connectivity index (χ0v) is 15.0. The van der Waals surface area contributed by atoms with Gasteiger partial charge in [0.2, 0.25) is 5.91 Å². The predicted octanol–water partition coefficient (Wildman–Crippen LogP) is 0.722. The smallest absolute Gasteiger partial charge is 0.234 e. The van der Waals surface area contributed by atoms with Gasteiger partial charge in [-0.05, 0) is 17.5 Å². The van der Waals surface area contributed by atoms with Crippen LogP contribution in [0, 0.1) is 5.41 Å². The molecule has 2 N–H and O–H groups in total. The molecule has 134 valence electrons. The lowest BCUT2D eigenvalue weighted by Crippen LogP contribution is -2.52. The lowest BCUT2D eigenvalue weighted by molar-refractivity contribution is -0.123. The van der Waals surface area contributed by atoms with Crippen molar-refractivity contribution in [2.24, 2.45) is 5.41 Å². The van der Waals surface area contributed by atoms with Gasteiger partial charge in [0.15, 0.2) is 0 Å². The van der Waals surface area contributed by atoms with Gasteiger partial charge in [-0.1, -0.05) is 26.8 Å². The van der Waals surface area contributed by atoms with Crippen molar-refractivity contribution in [3.8, 4) is 0 Å². The number of aromatic nitrogens is 1. The molecule has 24 heavy (non-hydrogen) atoms. The summed E-state index contributed by atoms with van der Waals surface area (Å²) in [7, 11) is 0. The monoisotopic (exact) mass is 334 g/mol. The number of aliphatic hydroxyl groups is 1. The number of hydrogen-bond acceptors (Lipinski definition) is 5. The van der Waals surface area contributed by atoms with Gasteiger partial charge in [0.05, 0.1) is 24.9 Å². The Morgan fingerprint density at radius 3 is 2.50 bits per heavy atom. The number of pyridine rings is 1. The van der Waals surface area contributed by atoms with Crippen molar-refractivity contribution < 1.29 is 9.90 Å². The maximum atomic E-state index is 12.0. The second-order valence-corrected chi connectivity index (χ2v) is 7.56. The Hall–Kier alpha value is -1.50. The Morgan fingerprint density at radius 1 is 1.25 bits per heavy atom. The molecule has 0 bridgehead atoms. The summed E-state index contributed by atoms with van der Waals surface area (Å²) in [6.07, 6.45) is 1.40. The molecule has 0 unspecified atom stereocenters. The highest BCUT2D eigenvalue weighted by molar-refractivity contribution is 5.77. The third-order valence-electron chi connectivity index (χ3n) is 4.46. The topological polar surface area (TPSA) is 68.7 Å². The summed E-state index contributed by atoms with van der Waals surface area (Å²) in [4.78, 5) is 20.7. The van der Waals surface area contributed by atoms with Gasteiger partial charge in [0.1, 0.15) is 0 Å². The van der Waals surface area contributed by atoms with Crippen molar-refractivity contribution in [3.63, 3.8) is 0 Å². The maximum Gasteiger partial charge on any atom is 0.234 e. The molecular weight excluding hydrogens is 304 g/mol. The van der Waals surface area contributed by atoms with Crippen molar-refractivity contribution in [1.29, 1.82) is 0 Å². The van der Waals surface area contributed by atoms with Crippen LogP contribution >= 0.6 is 0 Å². The van der Waals surface area contributed by atoms with E-state index in [1.54, 1.807) is 6.20 Å². The van der Waals surface area contributed by atoms with E-state index >= 15 is 0 Å². The molecule has 0 aromatic carbocycles. The van der Waals surface area contributed by atoms with Gasteiger partial charge in [-0.25, -0.2) is 0 Å². The van der Waals surface area contributed by atoms with Crippen molar-refractivity contribution >= 4 is 5.91 Å². The Kier molecular flexibility index (Phi) is 6.71. The number of aliphatic hydroxyl groups excluding tert-OH is 1. The summed E-state index contributed by atoms with van der Waals surface area (Å²) < 4.78 is 0. The molecule has 1 aromatic heterocycles. The van der Waals surface area contributed by atoms with Gasteiger partial charge in [-0.2, -0.15) is 0 Å². The molecule has 6 heteroatoms. The molecule has 2 heterocycles. The number of β-amino-alcohol motifs (C(OH)–C–C–N with tert-alkyl or cyclic N) is 1. The lowest BCUT2D eigenvalue weighted by atomic mass is 9.89. The first kappa shape index (κ1) is 18.8. The van der Waals surface area contributed by atoms with E-state index in [-0.39, 0.29) is 17.4 Å². The zero-order chi connectivity index (χ0) is 17.6. The molecule has 1 amide bonds. The van der Waals surface area contributed by atoms with E-state index in [4.69, 9.17) is 0 Å². The molecule has 6 nitrogen and oxygen atoms in total. The molecule has 1 atom stereocenters. The molecule has 0 radical (unpaired) electrons. The first-order chi connectivity index (χ1) is 11.3. The fourth-order valence-corrected chi connectivity index (χ4v) is 2.60. The molecule has 1 fully saturated rings. The predicted molar refractivity (Wildman–Crippen MR) is 94.4 cm³/mol. The van der Waals surface area contributed by atoms with Gasteiger partial charge in [0.25, 0.3) is 0 Å². The van der Waals surface area contributed by atoms with Gasteiger partial charge in [-0.15, -0.1) is 0 Å². The summed E-state index contributed by atoms with van der Waals surface area (Å²) in [5, 5.41) is 13.1. The Bertz CT molecular complexity index is 508. The number of amides is 1. The Balaban J connectivity index is 1.66. The van der Waals surface area contributed by atoms with Crippen LogP contribution in [0.25, 0.3) is 0 Å². The minimum Gasteiger partial charge on any atom is -0.391 e. The number of carbonyl (C=O) groups excluding carboxylic acids is 1. The molecule has 1 saturated heterocycles. The lowest BCUT2D eigenvalue weighted by Gasteiger charge is -2.37. The van der Waals surface area contributed by atoms with Crippen LogP contribution in [0.4, 0.5) is 0 Å². The fourth-order valence-electron chi connectivity index (χ4n) is 2.60. The minimum atomic E-state index is -0.328. The first-order valence-electron chi connectivity index (χ1n) is 8.64. The van der Waals surface area contributed by atoms with Crippen LogP contribution in [0.1, 0.15) is 26.5 Å². The van der Waals surface area contributed by atoms with Gasteiger partial charge >= 0.3 is 0 Å². The van der Waals surface area contributed by atoms with Crippen LogP contribution in [-0.4, -0.2) is 71.2 Å². The van der Waals surface area contributed by atoms with Crippen LogP contribution in [-0.2, 0) is 11.3 Å². The van der Waals surface area contributed by atoms with Crippen LogP contribution in [0.15, 0.2) is 24.4 Å². The van der Waals surface area contributed by atoms with Crippen LogP contribution < -0.4 is 5.32 Å². The number of piperazine rings is 1. The van der Waals surface area contributed by atoms with E-state index in [0.29, 0.717) is 19.6 Å². The van der Waals surface area contributed by atoms with E-state index in [1.165, 1.54) is 0 Å². The van der Waals surface area contributed by atoms with Gasteiger partial charge in [-0.3, -0.25) is 19.6 Å². The molecule has 0 saturated carbocycles. The average molecular weight is 334 g/mol. The van der Waals surface area contributed by atoms with E-state index < -0.39 is 0 Å². The van der Waals surface area contributed by atoms with Crippen molar-refractivity contribution in [1.82, 2.24) is 20.1 Å². The third kappa shape index (κ3) is 6.19. The summed E-state index contributed by atoms with van der Waals surface area (Å²) >= 11 is 0. The maximum absolute atomic E-state index is 12.0. The zero-order valence-electron chi connectivity index (χ0n) is 15.0. The van der Waals surface area contributed by atoms with Crippen molar-refractivity contribution in [3.05, 3.63) is 30.1 Å². The molecule has 1 aromatic rings. The average Bonchev–Trinajstić information content (AvgIpc) is 2.55. The van der Waals surface area contributed by atoms with E-state index in [0.717, 1.165) is 31.9 Å². The normalized spacial score (nSPS) is 18.3. The van der Waals surface area contributed by atoms with Crippen molar-refractivity contribution in [2.75, 3.05) is 39.3 Å². The largest absolute Gasteiger partial charge is 0.391 e. The minimum absolute atomic E-state index is 0.0313. The highest BCUT2D eigenvalue weighted by Crippen LogP contribution is 2.20. The standard InChI is InChI=1S/C18H30N4O2/c1-18(2,3)16(23)13-21-8-10-22(11-9-21)14-17(24)20-12-15-6-4-5-7-19-15/h4-7,16,23H,8-14H2,1-3H3,(H,20,24)/t16-/m1/s1.